The van der Waals surface area contributed by atoms with Crippen LogP contribution in [0.4, 0.5) is 20.2 Å². The Morgan fingerprint density at radius 1 is 0.750 bits per heavy atom. The molecule has 0 heterocycles. The fourth-order valence-corrected chi connectivity index (χ4v) is 1.99. The van der Waals surface area contributed by atoms with Crippen LogP contribution in [0.2, 0.25) is 10.0 Å². The zero-order valence-corrected chi connectivity index (χ0v) is 11.9. The zero-order valence-electron chi connectivity index (χ0n) is 10.4. The van der Waals surface area contributed by atoms with E-state index in [0.29, 0.717) is 13.1 Å². The lowest BCUT2D eigenvalue weighted by Gasteiger charge is -2.09. The molecule has 0 saturated carbocycles. The maximum Gasteiger partial charge on any atom is 0.141 e. The summed E-state index contributed by atoms with van der Waals surface area (Å²) in [4.78, 5) is 0. The number of anilines is 2. The molecule has 0 fully saturated rings. The molecule has 0 aromatic heterocycles. The molecular weight excluding hydrogens is 305 g/mol. The molecule has 2 aromatic carbocycles. The highest BCUT2D eigenvalue weighted by Crippen LogP contribution is 2.20. The van der Waals surface area contributed by atoms with Gasteiger partial charge in [0, 0.05) is 24.5 Å². The van der Waals surface area contributed by atoms with Gasteiger partial charge in [-0.3, -0.25) is 0 Å². The number of halogens is 4. The van der Waals surface area contributed by atoms with Crippen LogP contribution in [-0.4, -0.2) is 13.1 Å². The molecule has 2 rings (SSSR count). The van der Waals surface area contributed by atoms with Crippen LogP contribution in [0.1, 0.15) is 0 Å². The third-order valence-corrected chi connectivity index (χ3v) is 3.20. The predicted molar refractivity (Wildman–Crippen MR) is 79.8 cm³/mol. The second-order valence-corrected chi connectivity index (χ2v) is 4.93. The predicted octanol–water partition coefficient (Wildman–Crippen LogP) is 4.80. The van der Waals surface area contributed by atoms with Gasteiger partial charge in [0.2, 0.25) is 0 Å². The number of benzene rings is 2. The van der Waals surface area contributed by atoms with E-state index in [9.17, 15) is 8.78 Å². The molecule has 0 aliphatic heterocycles. The van der Waals surface area contributed by atoms with Gasteiger partial charge in [-0.2, -0.15) is 0 Å². The molecule has 2 aromatic rings. The van der Waals surface area contributed by atoms with E-state index >= 15 is 0 Å². The van der Waals surface area contributed by atoms with E-state index in [1.54, 1.807) is 12.1 Å². The van der Waals surface area contributed by atoms with Crippen molar-refractivity contribution in [2.75, 3.05) is 23.7 Å². The third-order valence-electron chi connectivity index (χ3n) is 2.62. The smallest absolute Gasteiger partial charge is 0.141 e. The maximum absolute atomic E-state index is 13.0. The monoisotopic (exact) mass is 316 g/mol. The lowest BCUT2D eigenvalue weighted by atomic mass is 10.3. The second kappa shape index (κ2) is 6.77. The van der Waals surface area contributed by atoms with Crippen LogP contribution in [0.15, 0.2) is 36.4 Å². The average Bonchev–Trinajstić information content (AvgIpc) is 2.42. The van der Waals surface area contributed by atoms with E-state index in [1.807, 2.05) is 0 Å². The molecule has 0 aliphatic carbocycles. The first-order valence-corrected chi connectivity index (χ1v) is 6.70. The average molecular weight is 317 g/mol. The Morgan fingerprint density at radius 2 is 1.15 bits per heavy atom. The fraction of sp³-hybridized carbons (Fsp3) is 0.143. The van der Waals surface area contributed by atoms with Crippen molar-refractivity contribution in [1.29, 1.82) is 0 Å². The van der Waals surface area contributed by atoms with Crippen LogP contribution in [-0.2, 0) is 0 Å². The molecule has 6 heteroatoms. The van der Waals surface area contributed by atoms with Crippen LogP contribution < -0.4 is 10.6 Å². The minimum atomic E-state index is -0.448. The molecule has 20 heavy (non-hydrogen) atoms. The number of hydrogen-bond acceptors (Lipinski definition) is 2. The summed E-state index contributed by atoms with van der Waals surface area (Å²) in [6.45, 7) is 1.19. The van der Waals surface area contributed by atoms with Crippen molar-refractivity contribution in [2.24, 2.45) is 0 Å². The summed E-state index contributed by atoms with van der Waals surface area (Å²) in [5.41, 5.74) is 1.46. The fourth-order valence-electron chi connectivity index (χ4n) is 1.63. The van der Waals surface area contributed by atoms with Crippen molar-refractivity contribution in [3.8, 4) is 0 Å². The van der Waals surface area contributed by atoms with Crippen molar-refractivity contribution in [3.05, 3.63) is 58.1 Å². The quantitative estimate of drug-likeness (QED) is 0.774. The molecular formula is C14H12Cl2F2N2. The third kappa shape index (κ3) is 3.99. The van der Waals surface area contributed by atoms with E-state index in [0.717, 1.165) is 11.4 Å². The van der Waals surface area contributed by atoms with Gasteiger partial charge in [0.1, 0.15) is 11.6 Å². The first kappa shape index (κ1) is 14.9. The van der Waals surface area contributed by atoms with Crippen LogP contribution in [0.3, 0.4) is 0 Å². The van der Waals surface area contributed by atoms with Crippen LogP contribution in [0, 0.1) is 11.6 Å². The zero-order chi connectivity index (χ0) is 14.5. The van der Waals surface area contributed by atoms with Gasteiger partial charge in [-0.1, -0.05) is 23.2 Å². The molecule has 0 amide bonds. The Morgan fingerprint density at radius 3 is 1.50 bits per heavy atom. The van der Waals surface area contributed by atoms with E-state index in [2.05, 4.69) is 10.6 Å². The number of hydrogen-bond donors (Lipinski definition) is 2. The highest BCUT2D eigenvalue weighted by atomic mass is 35.5. The number of nitrogens with one attached hydrogen (secondary N) is 2. The second-order valence-electron chi connectivity index (χ2n) is 4.11. The van der Waals surface area contributed by atoms with E-state index in [4.69, 9.17) is 23.2 Å². The van der Waals surface area contributed by atoms with Gasteiger partial charge in [-0.25, -0.2) is 8.78 Å². The standard InChI is InChI=1S/C14H12Cl2F2N2/c15-11-7-9(1-3-13(11)17)19-5-6-20-10-2-4-14(18)12(16)8-10/h1-4,7-8,19-20H,5-6H2. The van der Waals surface area contributed by atoms with Crippen LogP contribution in [0.25, 0.3) is 0 Å². The molecule has 0 atom stereocenters. The highest BCUT2D eigenvalue weighted by molar-refractivity contribution is 6.31. The van der Waals surface area contributed by atoms with Gasteiger partial charge in [0.25, 0.3) is 0 Å². The molecule has 0 radical (unpaired) electrons. The van der Waals surface area contributed by atoms with Crippen molar-refractivity contribution >= 4 is 34.6 Å². The summed E-state index contributed by atoms with van der Waals surface area (Å²) in [5.74, 6) is -0.896. The van der Waals surface area contributed by atoms with Crippen molar-refractivity contribution in [3.63, 3.8) is 0 Å². The van der Waals surface area contributed by atoms with Crippen molar-refractivity contribution in [2.45, 2.75) is 0 Å². The molecule has 0 unspecified atom stereocenters. The normalized spacial score (nSPS) is 10.4. The first-order valence-electron chi connectivity index (χ1n) is 5.94. The Kier molecular flexibility index (Phi) is 5.04. The van der Waals surface area contributed by atoms with Crippen molar-refractivity contribution < 1.29 is 8.78 Å². The Bertz CT molecular complexity index is 552. The van der Waals surface area contributed by atoms with Crippen LogP contribution >= 0.6 is 23.2 Å². The summed E-state index contributed by atoms with van der Waals surface area (Å²) >= 11 is 11.3. The Labute approximate surface area is 125 Å². The Hall–Kier alpha value is -1.52. The van der Waals surface area contributed by atoms with Gasteiger partial charge < -0.3 is 10.6 Å². The van der Waals surface area contributed by atoms with Gasteiger partial charge in [0.05, 0.1) is 10.0 Å². The molecule has 0 saturated heterocycles. The maximum atomic E-state index is 13.0. The molecule has 2 nitrogen and oxygen atoms in total. The summed E-state index contributed by atoms with van der Waals surface area (Å²) in [6.07, 6.45) is 0. The van der Waals surface area contributed by atoms with E-state index in [-0.39, 0.29) is 10.0 Å². The molecule has 0 bridgehead atoms. The Balaban J connectivity index is 1.81. The first-order chi connectivity index (χ1) is 9.56. The SMILES string of the molecule is Fc1ccc(NCCNc2ccc(F)c(Cl)c2)cc1Cl. The highest BCUT2D eigenvalue weighted by Gasteiger charge is 2.01. The van der Waals surface area contributed by atoms with Gasteiger partial charge in [0.15, 0.2) is 0 Å². The largest absolute Gasteiger partial charge is 0.383 e. The van der Waals surface area contributed by atoms with Gasteiger partial charge in [-0.05, 0) is 36.4 Å². The van der Waals surface area contributed by atoms with Crippen LogP contribution in [0.5, 0.6) is 0 Å². The summed E-state index contributed by atoms with van der Waals surface area (Å²) in [7, 11) is 0. The topological polar surface area (TPSA) is 24.1 Å². The van der Waals surface area contributed by atoms with Crippen molar-refractivity contribution in [1.82, 2.24) is 0 Å². The van der Waals surface area contributed by atoms with E-state index < -0.39 is 11.6 Å². The molecule has 2 N–H and O–H groups in total. The summed E-state index contributed by atoms with van der Waals surface area (Å²) in [5, 5.41) is 6.33. The van der Waals surface area contributed by atoms with Gasteiger partial charge >= 0.3 is 0 Å². The summed E-state index contributed by atoms with van der Waals surface area (Å²) in [6, 6.07) is 8.86. The van der Waals surface area contributed by atoms with E-state index in [1.165, 1.54) is 24.3 Å². The lowest BCUT2D eigenvalue weighted by molar-refractivity contribution is 0.628. The lowest BCUT2D eigenvalue weighted by Crippen LogP contribution is -2.13. The minimum absolute atomic E-state index is 0.0771. The number of rotatable bonds is 5. The van der Waals surface area contributed by atoms with Gasteiger partial charge in [-0.15, -0.1) is 0 Å². The minimum Gasteiger partial charge on any atom is -0.383 e. The molecule has 0 spiro atoms. The summed E-state index contributed by atoms with van der Waals surface area (Å²) < 4.78 is 25.9. The molecule has 106 valence electrons. The molecule has 0 aliphatic rings.